The van der Waals surface area contributed by atoms with Crippen LogP contribution in [0.1, 0.15) is 32.6 Å². The molecule has 0 bridgehead atoms. The molecule has 6 heteroatoms. The number of nitrogens with zero attached hydrogens (tertiary/aromatic N) is 1. The molecule has 1 N–H and O–H groups in total. The monoisotopic (exact) mass is 294 g/mol. The van der Waals surface area contributed by atoms with Crippen LogP contribution in [0.3, 0.4) is 0 Å². The van der Waals surface area contributed by atoms with Gasteiger partial charge in [0.05, 0.1) is 5.75 Å². The summed E-state index contributed by atoms with van der Waals surface area (Å²) in [6, 6.07) is 0.500. The summed E-state index contributed by atoms with van der Waals surface area (Å²) < 4.78 is 25.5. The van der Waals surface area contributed by atoms with Crippen molar-refractivity contribution in [2.24, 2.45) is 0 Å². The van der Waals surface area contributed by atoms with Crippen molar-refractivity contribution in [3.8, 4) is 0 Å². The topological polar surface area (TPSA) is 49.4 Å². The fourth-order valence-corrected chi connectivity index (χ4v) is 4.22. The summed E-state index contributed by atoms with van der Waals surface area (Å²) in [5.41, 5.74) is 0. The molecule has 0 spiro atoms. The summed E-state index contributed by atoms with van der Waals surface area (Å²) >= 11 is 1.87. The Morgan fingerprint density at radius 1 is 1.33 bits per heavy atom. The van der Waals surface area contributed by atoms with Crippen molar-refractivity contribution in [2.45, 2.75) is 38.6 Å². The summed E-state index contributed by atoms with van der Waals surface area (Å²) in [5.74, 6) is 1.48. The highest BCUT2D eigenvalue weighted by molar-refractivity contribution is 7.98. The Balaban J connectivity index is 2.24. The van der Waals surface area contributed by atoms with Crippen LogP contribution in [-0.2, 0) is 10.0 Å². The van der Waals surface area contributed by atoms with E-state index in [1.165, 1.54) is 12.2 Å². The molecular formula is C12H26N2O2S2. The van der Waals surface area contributed by atoms with Gasteiger partial charge in [-0.05, 0) is 44.2 Å². The van der Waals surface area contributed by atoms with Crippen LogP contribution in [0.4, 0.5) is 0 Å². The number of hydrogen-bond donors (Lipinski definition) is 1. The van der Waals surface area contributed by atoms with Gasteiger partial charge in [0.1, 0.15) is 0 Å². The molecule has 108 valence electrons. The predicted molar refractivity (Wildman–Crippen MR) is 79.7 cm³/mol. The minimum atomic E-state index is -2.98. The molecule has 4 nitrogen and oxygen atoms in total. The van der Waals surface area contributed by atoms with Crippen molar-refractivity contribution in [1.82, 2.24) is 9.62 Å². The largest absolute Gasteiger partial charge is 0.314 e. The highest BCUT2D eigenvalue weighted by Crippen LogP contribution is 2.15. The van der Waals surface area contributed by atoms with E-state index >= 15 is 0 Å². The van der Waals surface area contributed by atoms with Gasteiger partial charge >= 0.3 is 0 Å². The molecule has 18 heavy (non-hydrogen) atoms. The Labute approximate surface area is 116 Å². The van der Waals surface area contributed by atoms with Crippen molar-refractivity contribution in [2.75, 3.05) is 37.4 Å². The molecule has 0 saturated carbocycles. The van der Waals surface area contributed by atoms with Crippen LogP contribution in [0.25, 0.3) is 0 Å². The van der Waals surface area contributed by atoms with E-state index in [0.717, 1.165) is 19.4 Å². The van der Waals surface area contributed by atoms with Gasteiger partial charge in [-0.3, -0.25) is 0 Å². The van der Waals surface area contributed by atoms with Crippen LogP contribution in [0.15, 0.2) is 0 Å². The van der Waals surface area contributed by atoms with Gasteiger partial charge in [-0.25, -0.2) is 12.7 Å². The minimum absolute atomic E-state index is 0.290. The second-order valence-electron chi connectivity index (χ2n) is 4.79. The Morgan fingerprint density at radius 3 is 2.56 bits per heavy atom. The lowest BCUT2D eigenvalue weighted by Crippen LogP contribution is -2.45. The quantitative estimate of drug-likeness (QED) is 0.690. The molecule has 0 atom stereocenters. The number of sulfonamides is 1. The lowest BCUT2D eigenvalue weighted by atomic mass is 10.1. The van der Waals surface area contributed by atoms with Crippen molar-refractivity contribution in [1.29, 1.82) is 0 Å². The first-order valence-electron chi connectivity index (χ1n) is 6.80. The molecule has 0 aromatic heterocycles. The molecule has 0 aromatic rings. The van der Waals surface area contributed by atoms with Crippen molar-refractivity contribution < 1.29 is 8.42 Å². The van der Waals surface area contributed by atoms with Gasteiger partial charge in [-0.1, -0.05) is 6.92 Å². The molecule has 0 unspecified atom stereocenters. The van der Waals surface area contributed by atoms with Crippen LogP contribution >= 0.6 is 11.8 Å². The van der Waals surface area contributed by atoms with Crippen LogP contribution in [0, 0.1) is 0 Å². The van der Waals surface area contributed by atoms with Crippen molar-refractivity contribution in [3.63, 3.8) is 0 Å². The highest BCUT2D eigenvalue weighted by atomic mass is 32.2. The summed E-state index contributed by atoms with van der Waals surface area (Å²) in [5, 5.41) is 3.53. The molecule has 1 saturated heterocycles. The Bertz CT molecular complexity index is 312. The minimum Gasteiger partial charge on any atom is -0.314 e. The van der Waals surface area contributed by atoms with Gasteiger partial charge in [0.25, 0.3) is 0 Å². The van der Waals surface area contributed by atoms with E-state index in [1.54, 1.807) is 4.31 Å². The van der Waals surface area contributed by atoms with E-state index < -0.39 is 10.0 Å². The molecule has 1 fully saturated rings. The molecule has 0 amide bonds. The van der Waals surface area contributed by atoms with E-state index in [0.29, 0.717) is 31.3 Å². The molecule has 1 aliphatic heterocycles. The molecular weight excluding hydrogens is 268 g/mol. The van der Waals surface area contributed by atoms with E-state index in [2.05, 4.69) is 11.6 Å². The molecule has 1 rings (SSSR count). The van der Waals surface area contributed by atoms with Gasteiger partial charge in [-0.2, -0.15) is 11.8 Å². The zero-order valence-electron chi connectivity index (χ0n) is 11.5. The first-order chi connectivity index (χ1) is 8.60. The third-order valence-electron chi connectivity index (χ3n) is 3.27. The second-order valence-corrected chi connectivity index (χ2v) is 7.86. The molecule has 0 aliphatic carbocycles. The lowest BCUT2D eigenvalue weighted by Gasteiger charge is -2.31. The first-order valence-corrected chi connectivity index (χ1v) is 9.80. The van der Waals surface area contributed by atoms with E-state index in [-0.39, 0.29) is 0 Å². The Kier molecular flexibility index (Phi) is 7.60. The third kappa shape index (κ3) is 5.47. The lowest BCUT2D eigenvalue weighted by molar-refractivity contribution is 0.290. The summed E-state index contributed by atoms with van der Waals surface area (Å²) in [6.45, 7) is 4.33. The van der Waals surface area contributed by atoms with Crippen molar-refractivity contribution >= 4 is 21.8 Å². The molecule has 0 radical (unpaired) electrons. The zero-order valence-corrected chi connectivity index (χ0v) is 13.2. The van der Waals surface area contributed by atoms with Crippen LogP contribution in [-0.4, -0.2) is 56.2 Å². The average molecular weight is 294 g/mol. The predicted octanol–water partition coefficient (Wildman–Crippen LogP) is 1.53. The fourth-order valence-electron chi connectivity index (χ4n) is 2.25. The number of rotatable bonds is 8. The van der Waals surface area contributed by atoms with Crippen LogP contribution < -0.4 is 5.32 Å². The van der Waals surface area contributed by atoms with Gasteiger partial charge in [0.2, 0.25) is 10.0 Å². The van der Waals surface area contributed by atoms with E-state index in [1.807, 2.05) is 18.7 Å². The summed E-state index contributed by atoms with van der Waals surface area (Å²) in [6.07, 6.45) is 5.91. The maximum absolute atomic E-state index is 11.9. The summed E-state index contributed by atoms with van der Waals surface area (Å²) in [4.78, 5) is 0. The molecule has 1 aliphatic rings. The van der Waals surface area contributed by atoms with E-state index in [4.69, 9.17) is 0 Å². The Morgan fingerprint density at radius 2 is 2.00 bits per heavy atom. The second kappa shape index (κ2) is 8.40. The van der Waals surface area contributed by atoms with Gasteiger partial charge in [0.15, 0.2) is 0 Å². The maximum atomic E-state index is 11.9. The van der Waals surface area contributed by atoms with Crippen LogP contribution in [0.2, 0.25) is 0 Å². The number of nitrogens with one attached hydrogen (secondary N) is 1. The average Bonchev–Trinajstić information content (AvgIpc) is 2.35. The first kappa shape index (κ1) is 16.3. The number of hydrogen-bond acceptors (Lipinski definition) is 4. The fraction of sp³-hybridized carbons (Fsp3) is 1.00. The van der Waals surface area contributed by atoms with Crippen molar-refractivity contribution in [3.05, 3.63) is 0 Å². The molecule has 1 heterocycles. The zero-order chi connectivity index (χ0) is 13.4. The third-order valence-corrected chi connectivity index (χ3v) is 6.04. The summed E-state index contributed by atoms with van der Waals surface area (Å²) in [7, 11) is -2.98. The normalized spacial score (nSPS) is 19.2. The highest BCUT2D eigenvalue weighted by Gasteiger charge is 2.26. The standard InChI is InChI=1S/C12H26N2O2S2/c1-3-11-18(15,16)14-8-5-12(6-9-14)13-7-4-10-17-2/h12-13H,3-11H2,1-2H3. The Hall–Kier alpha value is 0.220. The van der Waals surface area contributed by atoms with Gasteiger partial charge in [0, 0.05) is 19.1 Å². The maximum Gasteiger partial charge on any atom is 0.214 e. The SMILES string of the molecule is CCCS(=O)(=O)N1CCC(NCCCSC)CC1. The number of piperidine rings is 1. The molecule has 0 aromatic carbocycles. The number of thioether (sulfide) groups is 1. The van der Waals surface area contributed by atoms with Gasteiger partial charge < -0.3 is 5.32 Å². The van der Waals surface area contributed by atoms with E-state index in [9.17, 15) is 8.42 Å². The smallest absolute Gasteiger partial charge is 0.214 e. The van der Waals surface area contributed by atoms with Gasteiger partial charge in [-0.15, -0.1) is 0 Å². The van der Waals surface area contributed by atoms with Crippen LogP contribution in [0.5, 0.6) is 0 Å².